The standard InChI is InChI=1S/C22H23N5O5/c1-14-7-10-26(11-8-14)19-6-5-17(27(29)30)12-18(19)22(28)31-15(2)21-24-20(25-32-21)16-4-3-9-23-13-16/h3-6,9,12-15H,7-8,10-11H2,1-2H3. The highest BCUT2D eigenvalue weighted by Crippen LogP contribution is 2.31. The van der Waals surface area contributed by atoms with Gasteiger partial charge in [0.2, 0.25) is 5.82 Å². The second kappa shape index (κ2) is 9.13. The summed E-state index contributed by atoms with van der Waals surface area (Å²) in [5.74, 6) is 0.368. The number of aromatic nitrogens is 3. The van der Waals surface area contributed by atoms with Gasteiger partial charge in [-0.15, -0.1) is 0 Å². The summed E-state index contributed by atoms with van der Waals surface area (Å²) in [5, 5.41) is 15.2. The number of nitro groups is 1. The van der Waals surface area contributed by atoms with Gasteiger partial charge in [-0.2, -0.15) is 4.98 Å². The highest BCUT2D eigenvalue weighted by Gasteiger charge is 2.27. The number of anilines is 1. The van der Waals surface area contributed by atoms with Gasteiger partial charge in [-0.25, -0.2) is 4.79 Å². The Morgan fingerprint density at radius 1 is 1.31 bits per heavy atom. The van der Waals surface area contributed by atoms with Gasteiger partial charge in [0.15, 0.2) is 6.10 Å². The molecule has 0 amide bonds. The van der Waals surface area contributed by atoms with E-state index in [9.17, 15) is 14.9 Å². The minimum atomic E-state index is -0.839. The van der Waals surface area contributed by atoms with Crippen LogP contribution in [-0.4, -0.2) is 39.1 Å². The van der Waals surface area contributed by atoms with Gasteiger partial charge in [-0.05, 0) is 43.9 Å². The molecule has 1 saturated heterocycles. The minimum absolute atomic E-state index is 0.121. The number of rotatable bonds is 6. The second-order valence-corrected chi connectivity index (χ2v) is 7.87. The highest BCUT2D eigenvalue weighted by atomic mass is 16.6. The Morgan fingerprint density at radius 3 is 2.78 bits per heavy atom. The molecule has 10 nitrogen and oxygen atoms in total. The normalized spacial score (nSPS) is 15.4. The van der Waals surface area contributed by atoms with Gasteiger partial charge < -0.3 is 14.2 Å². The van der Waals surface area contributed by atoms with Crippen molar-refractivity contribution in [2.45, 2.75) is 32.8 Å². The molecule has 1 fully saturated rings. The molecule has 0 bridgehead atoms. The van der Waals surface area contributed by atoms with E-state index in [1.807, 2.05) is 0 Å². The van der Waals surface area contributed by atoms with Gasteiger partial charge >= 0.3 is 5.97 Å². The monoisotopic (exact) mass is 437 g/mol. The molecule has 2 aromatic heterocycles. The van der Waals surface area contributed by atoms with Crippen LogP contribution in [0.15, 0.2) is 47.2 Å². The molecule has 0 aliphatic carbocycles. The predicted octanol–water partition coefficient (Wildman–Crippen LogP) is 4.19. The fraction of sp³-hybridized carbons (Fsp3) is 0.364. The number of ether oxygens (including phenoxy) is 1. The van der Waals surface area contributed by atoms with Crippen LogP contribution in [0.3, 0.4) is 0 Å². The molecule has 4 rings (SSSR count). The van der Waals surface area contributed by atoms with E-state index in [0.717, 1.165) is 25.9 Å². The Balaban J connectivity index is 1.56. The number of carbonyl (C=O) groups excluding carboxylic acids is 1. The van der Waals surface area contributed by atoms with Crippen LogP contribution in [-0.2, 0) is 4.74 Å². The van der Waals surface area contributed by atoms with Crippen molar-refractivity contribution in [1.82, 2.24) is 15.1 Å². The van der Waals surface area contributed by atoms with Crippen molar-refractivity contribution in [2.75, 3.05) is 18.0 Å². The molecule has 0 spiro atoms. The van der Waals surface area contributed by atoms with E-state index in [2.05, 4.69) is 26.9 Å². The number of esters is 1. The first-order valence-corrected chi connectivity index (χ1v) is 10.4. The SMILES string of the molecule is CC1CCN(c2ccc([N+](=O)[O-])cc2C(=O)OC(C)c2nc(-c3cccnc3)no2)CC1. The molecule has 3 heterocycles. The first kappa shape index (κ1) is 21.4. The molecule has 10 heteroatoms. The summed E-state index contributed by atoms with van der Waals surface area (Å²) in [6.07, 6.45) is 4.37. The van der Waals surface area contributed by atoms with Crippen molar-refractivity contribution < 1.29 is 19.0 Å². The number of nitro benzene ring substituents is 1. The maximum Gasteiger partial charge on any atom is 0.341 e. The topological polar surface area (TPSA) is 124 Å². The summed E-state index contributed by atoms with van der Waals surface area (Å²) in [5.41, 5.74) is 1.27. The molecular weight excluding hydrogens is 414 g/mol. The minimum Gasteiger partial charge on any atom is -0.449 e. The molecule has 1 atom stereocenters. The van der Waals surface area contributed by atoms with E-state index < -0.39 is 17.0 Å². The van der Waals surface area contributed by atoms with Crippen LogP contribution in [0, 0.1) is 16.0 Å². The summed E-state index contributed by atoms with van der Waals surface area (Å²) < 4.78 is 10.8. The maximum atomic E-state index is 13.0. The Hall–Kier alpha value is -3.82. The third kappa shape index (κ3) is 4.58. The largest absolute Gasteiger partial charge is 0.449 e. The zero-order valence-electron chi connectivity index (χ0n) is 17.8. The number of pyridine rings is 1. The van der Waals surface area contributed by atoms with Gasteiger partial charge in [0.1, 0.15) is 0 Å². The van der Waals surface area contributed by atoms with Gasteiger partial charge in [0.25, 0.3) is 11.6 Å². The highest BCUT2D eigenvalue weighted by molar-refractivity contribution is 5.97. The number of hydrogen-bond donors (Lipinski definition) is 0. The van der Waals surface area contributed by atoms with Gasteiger partial charge in [-0.3, -0.25) is 15.1 Å². The number of benzene rings is 1. The molecule has 1 aliphatic rings. The number of hydrogen-bond acceptors (Lipinski definition) is 9. The fourth-order valence-corrected chi connectivity index (χ4v) is 3.61. The number of nitrogens with zero attached hydrogens (tertiary/aromatic N) is 5. The van der Waals surface area contributed by atoms with Gasteiger partial charge in [0.05, 0.1) is 16.2 Å². The zero-order chi connectivity index (χ0) is 22.7. The van der Waals surface area contributed by atoms with Crippen LogP contribution >= 0.6 is 0 Å². The Bertz CT molecular complexity index is 1110. The van der Waals surface area contributed by atoms with E-state index in [-0.39, 0.29) is 17.1 Å². The lowest BCUT2D eigenvalue weighted by atomic mass is 9.98. The Morgan fingerprint density at radius 2 is 2.09 bits per heavy atom. The molecule has 0 N–H and O–H groups in total. The van der Waals surface area contributed by atoms with Crippen molar-refractivity contribution in [3.63, 3.8) is 0 Å². The lowest BCUT2D eigenvalue weighted by Crippen LogP contribution is -2.34. The van der Waals surface area contributed by atoms with Crippen molar-refractivity contribution in [1.29, 1.82) is 0 Å². The average molecular weight is 437 g/mol. The van der Waals surface area contributed by atoms with E-state index in [4.69, 9.17) is 9.26 Å². The maximum absolute atomic E-state index is 13.0. The van der Waals surface area contributed by atoms with Crippen LogP contribution in [0.4, 0.5) is 11.4 Å². The molecule has 1 unspecified atom stereocenters. The van der Waals surface area contributed by atoms with Crippen molar-refractivity contribution in [3.8, 4) is 11.4 Å². The van der Waals surface area contributed by atoms with Crippen LogP contribution in [0.25, 0.3) is 11.4 Å². The predicted molar refractivity (Wildman–Crippen MR) is 115 cm³/mol. The van der Waals surface area contributed by atoms with Crippen LogP contribution in [0.5, 0.6) is 0 Å². The molecule has 166 valence electrons. The summed E-state index contributed by atoms with van der Waals surface area (Å²) in [6.45, 7) is 5.34. The summed E-state index contributed by atoms with van der Waals surface area (Å²) in [4.78, 5) is 34.2. The van der Waals surface area contributed by atoms with E-state index in [1.165, 1.54) is 12.1 Å². The molecule has 1 aliphatic heterocycles. The molecule has 0 saturated carbocycles. The lowest BCUT2D eigenvalue weighted by Gasteiger charge is -2.33. The summed E-state index contributed by atoms with van der Waals surface area (Å²) >= 11 is 0. The van der Waals surface area contributed by atoms with Crippen molar-refractivity contribution in [3.05, 3.63) is 64.3 Å². The van der Waals surface area contributed by atoms with Gasteiger partial charge in [-0.1, -0.05) is 12.1 Å². The Labute approximate surface area is 184 Å². The van der Waals surface area contributed by atoms with E-state index in [1.54, 1.807) is 37.5 Å². The molecule has 3 aromatic rings. The van der Waals surface area contributed by atoms with Crippen molar-refractivity contribution in [2.24, 2.45) is 5.92 Å². The summed E-state index contributed by atoms with van der Waals surface area (Å²) in [7, 11) is 0. The molecule has 1 aromatic carbocycles. The van der Waals surface area contributed by atoms with Crippen LogP contribution in [0.2, 0.25) is 0 Å². The number of non-ortho nitro benzene ring substituents is 1. The molecular formula is C22H23N5O5. The van der Waals surface area contributed by atoms with Crippen molar-refractivity contribution >= 4 is 17.3 Å². The smallest absolute Gasteiger partial charge is 0.341 e. The van der Waals surface area contributed by atoms with E-state index in [0.29, 0.717) is 23.0 Å². The number of piperidine rings is 1. The van der Waals surface area contributed by atoms with Gasteiger partial charge in [0, 0.05) is 43.2 Å². The third-order valence-electron chi connectivity index (χ3n) is 5.53. The Kier molecular flexibility index (Phi) is 6.11. The van der Waals surface area contributed by atoms with E-state index >= 15 is 0 Å². The second-order valence-electron chi connectivity index (χ2n) is 7.87. The number of carbonyl (C=O) groups is 1. The first-order valence-electron chi connectivity index (χ1n) is 10.4. The molecule has 0 radical (unpaired) electrons. The lowest BCUT2D eigenvalue weighted by molar-refractivity contribution is -0.384. The third-order valence-corrected chi connectivity index (χ3v) is 5.53. The first-order chi connectivity index (χ1) is 15.4. The molecule has 32 heavy (non-hydrogen) atoms. The van der Waals surface area contributed by atoms with Crippen LogP contribution in [0.1, 0.15) is 49.0 Å². The fourth-order valence-electron chi connectivity index (χ4n) is 3.61. The average Bonchev–Trinajstić information content (AvgIpc) is 3.30. The summed E-state index contributed by atoms with van der Waals surface area (Å²) in [6, 6.07) is 7.82. The van der Waals surface area contributed by atoms with Crippen LogP contribution < -0.4 is 4.90 Å². The quantitative estimate of drug-likeness (QED) is 0.317. The zero-order valence-corrected chi connectivity index (χ0v) is 17.8.